The molecule has 2 heterocycles. The molecule has 0 aliphatic rings. The van der Waals surface area contributed by atoms with Crippen LogP contribution in [0.5, 0.6) is 0 Å². The van der Waals surface area contributed by atoms with Crippen LogP contribution in [0, 0.1) is 0 Å². The predicted octanol–water partition coefficient (Wildman–Crippen LogP) is 1.87. The Kier molecular flexibility index (Phi) is 2.76. The SMILES string of the molecule is O=C(O)c1[nH]nnc1-c1cc(Cl)c(Cl)cn1. The van der Waals surface area contributed by atoms with E-state index in [1.807, 2.05) is 0 Å². The Hall–Kier alpha value is -1.66. The highest BCUT2D eigenvalue weighted by Gasteiger charge is 2.17. The third kappa shape index (κ3) is 1.84. The number of aromatic carboxylic acids is 1. The largest absolute Gasteiger partial charge is 0.476 e. The molecule has 0 unspecified atom stereocenters. The summed E-state index contributed by atoms with van der Waals surface area (Å²) in [7, 11) is 0. The summed E-state index contributed by atoms with van der Waals surface area (Å²) in [6, 6.07) is 1.42. The lowest BCUT2D eigenvalue weighted by Gasteiger charge is -1.99. The van der Waals surface area contributed by atoms with E-state index in [4.69, 9.17) is 28.3 Å². The Labute approximate surface area is 99.2 Å². The van der Waals surface area contributed by atoms with Crippen LogP contribution >= 0.6 is 23.2 Å². The third-order valence-corrected chi connectivity index (χ3v) is 2.52. The molecular weight excluding hydrogens is 255 g/mol. The highest BCUT2D eigenvalue weighted by atomic mass is 35.5. The first-order valence-electron chi connectivity index (χ1n) is 4.05. The number of hydrogen-bond donors (Lipinski definition) is 2. The first-order valence-corrected chi connectivity index (χ1v) is 4.81. The molecule has 0 fully saturated rings. The molecule has 6 nitrogen and oxygen atoms in total. The second kappa shape index (κ2) is 4.07. The van der Waals surface area contributed by atoms with E-state index in [1.165, 1.54) is 12.3 Å². The van der Waals surface area contributed by atoms with Crippen LogP contribution in [0.2, 0.25) is 10.0 Å². The average molecular weight is 259 g/mol. The van der Waals surface area contributed by atoms with Crippen molar-refractivity contribution in [2.75, 3.05) is 0 Å². The fourth-order valence-corrected chi connectivity index (χ4v) is 1.36. The molecule has 0 aromatic carbocycles. The highest BCUT2D eigenvalue weighted by molar-refractivity contribution is 6.42. The summed E-state index contributed by atoms with van der Waals surface area (Å²) in [4.78, 5) is 14.7. The van der Waals surface area contributed by atoms with E-state index in [9.17, 15) is 4.79 Å². The minimum atomic E-state index is -1.17. The molecule has 2 N–H and O–H groups in total. The van der Waals surface area contributed by atoms with Crippen molar-refractivity contribution in [2.24, 2.45) is 0 Å². The quantitative estimate of drug-likeness (QED) is 0.858. The van der Waals surface area contributed by atoms with Crippen LogP contribution in [0.15, 0.2) is 12.3 Å². The molecule has 0 saturated heterocycles. The van der Waals surface area contributed by atoms with Crippen LogP contribution in [0.4, 0.5) is 0 Å². The Morgan fingerprint density at radius 2 is 2.12 bits per heavy atom. The van der Waals surface area contributed by atoms with Crippen LogP contribution in [-0.2, 0) is 0 Å². The van der Waals surface area contributed by atoms with Gasteiger partial charge in [-0.1, -0.05) is 28.4 Å². The molecule has 0 amide bonds. The maximum atomic E-state index is 10.8. The number of carboxylic acid groups (broad SMARTS) is 1. The highest BCUT2D eigenvalue weighted by Crippen LogP contribution is 2.26. The van der Waals surface area contributed by atoms with Crippen LogP contribution < -0.4 is 0 Å². The van der Waals surface area contributed by atoms with Gasteiger partial charge in [0.15, 0.2) is 5.69 Å². The Bertz CT molecular complexity index is 555. The molecule has 82 valence electrons. The van der Waals surface area contributed by atoms with Crippen LogP contribution in [0.1, 0.15) is 10.5 Å². The molecule has 2 rings (SSSR count). The second-order valence-electron chi connectivity index (χ2n) is 2.82. The van der Waals surface area contributed by atoms with Gasteiger partial charge in [0.1, 0.15) is 5.69 Å². The molecule has 0 atom stereocenters. The Morgan fingerprint density at radius 1 is 1.38 bits per heavy atom. The standard InChI is InChI=1S/C8H4Cl2N4O2/c9-3-1-5(11-2-4(3)10)6-7(8(15)16)13-14-12-6/h1-2H,(H,15,16)(H,12,13,14). The van der Waals surface area contributed by atoms with Gasteiger partial charge in [-0.05, 0) is 6.07 Å². The van der Waals surface area contributed by atoms with E-state index < -0.39 is 5.97 Å². The number of carboxylic acids is 1. The van der Waals surface area contributed by atoms with Gasteiger partial charge in [-0.3, -0.25) is 10.1 Å². The first-order chi connectivity index (χ1) is 7.59. The van der Waals surface area contributed by atoms with Gasteiger partial charge < -0.3 is 5.11 Å². The monoisotopic (exact) mass is 258 g/mol. The number of nitrogens with zero attached hydrogens (tertiary/aromatic N) is 3. The van der Waals surface area contributed by atoms with Gasteiger partial charge in [-0.15, -0.1) is 5.10 Å². The van der Waals surface area contributed by atoms with Crippen molar-refractivity contribution in [3.63, 3.8) is 0 Å². The zero-order chi connectivity index (χ0) is 11.7. The van der Waals surface area contributed by atoms with Crippen molar-refractivity contribution >= 4 is 29.2 Å². The van der Waals surface area contributed by atoms with E-state index in [2.05, 4.69) is 20.4 Å². The molecule has 2 aromatic heterocycles. The molecule has 0 bridgehead atoms. The Balaban J connectivity index is 2.54. The summed E-state index contributed by atoms with van der Waals surface area (Å²) >= 11 is 11.5. The average Bonchev–Trinajstić information content (AvgIpc) is 2.71. The number of carbonyl (C=O) groups is 1. The topological polar surface area (TPSA) is 91.8 Å². The lowest BCUT2D eigenvalue weighted by molar-refractivity contribution is 0.0691. The summed E-state index contributed by atoms with van der Waals surface area (Å²) in [6.45, 7) is 0. The maximum absolute atomic E-state index is 10.8. The number of hydrogen-bond acceptors (Lipinski definition) is 4. The predicted molar refractivity (Wildman–Crippen MR) is 56.6 cm³/mol. The molecule has 0 radical (unpaired) electrons. The van der Waals surface area contributed by atoms with Gasteiger partial charge in [0.2, 0.25) is 0 Å². The smallest absolute Gasteiger partial charge is 0.356 e. The van der Waals surface area contributed by atoms with Gasteiger partial charge in [-0.2, -0.15) is 0 Å². The van der Waals surface area contributed by atoms with Crippen molar-refractivity contribution < 1.29 is 9.90 Å². The lowest BCUT2D eigenvalue weighted by atomic mass is 10.2. The molecule has 2 aromatic rings. The Morgan fingerprint density at radius 3 is 2.75 bits per heavy atom. The minimum absolute atomic E-state index is 0.117. The number of aromatic nitrogens is 4. The fraction of sp³-hybridized carbons (Fsp3) is 0. The molecule has 0 aliphatic heterocycles. The first kappa shape index (κ1) is 10.8. The molecule has 16 heavy (non-hydrogen) atoms. The number of halogens is 2. The third-order valence-electron chi connectivity index (χ3n) is 1.81. The van der Waals surface area contributed by atoms with Crippen LogP contribution in [0.3, 0.4) is 0 Å². The van der Waals surface area contributed by atoms with Crippen molar-refractivity contribution in [1.82, 2.24) is 20.4 Å². The zero-order valence-electron chi connectivity index (χ0n) is 7.61. The van der Waals surface area contributed by atoms with Gasteiger partial charge >= 0.3 is 5.97 Å². The minimum Gasteiger partial charge on any atom is -0.476 e. The summed E-state index contributed by atoms with van der Waals surface area (Å²) in [6.07, 6.45) is 1.32. The van der Waals surface area contributed by atoms with E-state index in [0.717, 1.165) is 0 Å². The van der Waals surface area contributed by atoms with E-state index >= 15 is 0 Å². The fourth-order valence-electron chi connectivity index (χ4n) is 1.10. The van der Waals surface area contributed by atoms with Crippen LogP contribution in [-0.4, -0.2) is 31.5 Å². The lowest BCUT2D eigenvalue weighted by Crippen LogP contribution is -2.00. The van der Waals surface area contributed by atoms with Crippen molar-refractivity contribution in [3.05, 3.63) is 28.0 Å². The zero-order valence-corrected chi connectivity index (χ0v) is 9.12. The van der Waals surface area contributed by atoms with E-state index in [-0.39, 0.29) is 21.4 Å². The van der Waals surface area contributed by atoms with Gasteiger partial charge in [0, 0.05) is 6.20 Å². The normalized spacial score (nSPS) is 10.4. The van der Waals surface area contributed by atoms with Crippen molar-refractivity contribution in [2.45, 2.75) is 0 Å². The van der Waals surface area contributed by atoms with Gasteiger partial charge in [0.25, 0.3) is 0 Å². The van der Waals surface area contributed by atoms with E-state index in [1.54, 1.807) is 0 Å². The van der Waals surface area contributed by atoms with Crippen LogP contribution in [0.25, 0.3) is 11.4 Å². The van der Waals surface area contributed by atoms with Crippen molar-refractivity contribution in [1.29, 1.82) is 0 Å². The molecule has 0 saturated carbocycles. The number of pyridine rings is 1. The van der Waals surface area contributed by atoms with Crippen molar-refractivity contribution in [3.8, 4) is 11.4 Å². The molecule has 8 heteroatoms. The second-order valence-corrected chi connectivity index (χ2v) is 3.64. The summed E-state index contributed by atoms with van der Waals surface area (Å²) < 4.78 is 0. The molecular formula is C8H4Cl2N4O2. The maximum Gasteiger partial charge on any atom is 0.356 e. The summed E-state index contributed by atoms with van der Waals surface area (Å²) in [5, 5.41) is 18.7. The summed E-state index contributed by atoms with van der Waals surface area (Å²) in [5.74, 6) is -1.17. The van der Waals surface area contributed by atoms with Gasteiger partial charge in [-0.25, -0.2) is 4.79 Å². The molecule has 0 spiro atoms. The summed E-state index contributed by atoms with van der Waals surface area (Å²) in [5.41, 5.74) is 0.262. The van der Waals surface area contributed by atoms with E-state index in [0.29, 0.717) is 5.69 Å². The number of H-pyrrole nitrogens is 1. The number of aromatic amines is 1. The number of nitrogens with one attached hydrogen (secondary N) is 1. The number of rotatable bonds is 2. The molecule has 0 aliphatic carbocycles. The van der Waals surface area contributed by atoms with Gasteiger partial charge in [0.05, 0.1) is 15.7 Å².